The van der Waals surface area contributed by atoms with Gasteiger partial charge < -0.3 is 9.58 Å². The minimum Gasteiger partial charge on any atom is -0.444 e. The number of likely N-dealkylation sites (tertiary alicyclic amines) is 1. The molecule has 1 aliphatic rings. The van der Waals surface area contributed by atoms with Crippen LogP contribution in [0, 0.1) is 16.0 Å². The molecule has 1 aliphatic heterocycles. The summed E-state index contributed by atoms with van der Waals surface area (Å²) < 4.78 is 19.3. The molecule has 1 aromatic rings. The quantitative estimate of drug-likeness (QED) is 0.542. The van der Waals surface area contributed by atoms with Gasteiger partial charge in [0.25, 0.3) is 5.54 Å². The van der Waals surface area contributed by atoms with Gasteiger partial charge >= 0.3 is 6.09 Å². The summed E-state index contributed by atoms with van der Waals surface area (Å²) in [6.07, 6.45) is 0.120. The zero-order valence-electron chi connectivity index (χ0n) is 12.8. The fourth-order valence-electron chi connectivity index (χ4n) is 2.36. The van der Waals surface area contributed by atoms with E-state index in [9.17, 15) is 9.18 Å². The summed E-state index contributed by atoms with van der Waals surface area (Å²) in [5.74, 6) is -0.283. The first-order valence-electron chi connectivity index (χ1n) is 6.95. The second-order valence-electron chi connectivity index (χ2n) is 6.59. The van der Waals surface area contributed by atoms with Gasteiger partial charge in [0.15, 0.2) is 0 Å². The molecule has 2 rings (SSSR count). The molecule has 0 saturated carbocycles. The fraction of sp³-hybridized carbons (Fsp3) is 0.500. The summed E-state index contributed by atoms with van der Waals surface area (Å²) in [6.45, 7) is 13.6. The van der Waals surface area contributed by atoms with Gasteiger partial charge in [0.1, 0.15) is 24.5 Å². The maximum atomic E-state index is 13.1. The molecule has 0 atom stereocenters. The van der Waals surface area contributed by atoms with Gasteiger partial charge in [0, 0.05) is 3.57 Å². The van der Waals surface area contributed by atoms with Crippen LogP contribution in [0.15, 0.2) is 18.2 Å². The highest BCUT2D eigenvalue weighted by Crippen LogP contribution is 2.32. The molecule has 6 heteroatoms. The third-order valence-electron chi connectivity index (χ3n) is 3.39. The van der Waals surface area contributed by atoms with Gasteiger partial charge in [-0.2, -0.15) is 0 Å². The number of benzene rings is 1. The highest BCUT2D eigenvalue weighted by molar-refractivity contribution is 14.1. The van der Waals surface area contributed by atoms with Gasteiger partial charge in [-0.05, 0) is 61.1 Å². The number of halogens is 2. The number of nitrogens with zero attached hydrogens (tertiary/aromatic N) is 2. The Morgan fingerprint density at radius 1 is 1.50 bits per heavy atom. The van der Waals surface area contributed by atoms with Crippen LogP contribution in [0.3, 0.4) is 0 Å². The van der Waals surface area contributed by atoms with Gasteiger partial charge in [-0.3, -0.25) is 4.90 Å². The molecule has 0 N–H and O–H groups in total. The Kier molecular flexibility index (Phi) is 4.66. The Bertz CT molecular complexity index is 628. The summed E-state index contributed by atoms with van der Waals surface area (Å²) in [7, 11) is 0. The van der Waals surface area contributed by atoms with Gasteiger partial charge in [0.05, 0.1) is 6.42 Å². The highest BCUT2D eigenvalue weighted by Gasteiger charge is 2.53. The Hall–Kier alpha value is -1.36. The van der Waals surface area contributed by atoms with Crippen molar-refractivity contribution in [2.45, 2.75) is 38.3 Å². The lowest BCUT2D eigenvalue weighted by molar-refractivity contribution is -0.00134. The smallest absolute Gasteiger partial charge is 0.410 e. The van der Waals surface area contributed by atoms with Crippen molar-refractivity contribution in [2.75, 3.05) is 13.1 Å². The molecule has 1 heterocycles. The Morgan fingerprint density at radius 2 is 2.14 bits per heavy atom. The molecular weight excluding hydrogens is 398 g/mol. The zero-order valence-corrected chi connectivity index (χ0v) is 15.0. The van der Waals surface area contributed by atoms with E-state index in [1.165, 1.54) is 12.1 Å². The number of rotatable bonds is 2. The molecule has 1 amide bonds. The first-order valence-corrected chi connectivity index (χ1v) is 8.02. The predicted molar refractivity (Wildman–Crippen MR) is 90.0 cm³/mol. The summed E-state index contributed by atoms with van der Waals surface area (Å²) >= 11 is 2.07. The SMILES string of the molecule is [C-]#[N+]C1(Cc2ccc(F)cc2I)CN(C(=O)OC(C)(C)C)C1. The van der Waals surface area contributed by atoms with E-state index in [1.807, 2.05) is 20.8 Å². The van der Waals surface area contributed by atoms with Crippen LogP contribution >= 0.6 is 22.6 Å². The zero-order chi connectivity index (χ0) is 16.5. The second-order valence-corrected chi connectivity index (χ2v) is 7.75. The summed E-state index contributed by atoms with van der Waals surface area (Å²) in [6, 6.07) is 4.57. The average Bonchev–Trinajstić information content (AvgIpc) is 2.33. The van der Waals surface area contributed by atoms with E-state index in [0.717, 1.165) is 9.13 Å². The van der Waals surface area contributed by atoms with E-state index in [-0.39, 0.29) is 11.9 Å². The first-order chi connectivity index (χ1) is 10.1. The summed E-state index contributed by atoms with van der Waals surface area (Å²) in [5, 5.41) is 0. The third kappa shape index (κ3) is 3.88. The fourth-order valence-corrected chi connectivity index (χ4v) is 3.03. The van der Waals surface area contributed by atoms with Gasteiger partial charge in [-0.25, -0.2) is 15.8 Å². The van der Waals surface area contributed by atoms with Crippen LogP contribution in [0.4, 0.5) is 9.18 Å². The molecule has 0 aliphatic carbocycles. The number of carbonyl (C=O) groups is 1. The Labute approximate surface area is 143 Å². The molecule has 1 fully saturated rings. The molecule has 0 radical (unpaired) electrons. The lowest BCUT2D eigenvalue weighted by Crippen LogP contribution is -2.63. The maximum Gasteiger partial charge on any atom is 0.410 e. The number of hydrogen-bond donors (Lipinski definition) is 0. The van der Waals surface area contributed by atoms with Gasteiger partial charge in [0.2, 0.25) is 0 Å². The normalized spacial score (nSPS) is 16.6. The highest BCUT2D eigenvalue weighted by atomic mass is 127. The van der Waals surface area contributed by atoms with E-state index in [0.29, 0.717) is 19.5 Å². The third-order valence-corrected chi connectivity index (χ3v) is 4.40. The predicted octanol–water partition coefficient (Wildman–Crippen LogP) is 3.88. The van der Waals surface area contributed by atoms with Crippen LogP contribution in [0.1, 0.15) is 26.3 Å². The van der Waals surface area contributed by atoms with Crippen LogP contribution in [0.25, 0.3) is 4.85 Å². The van der Waals surface area contributed by atoms with E-state index in [4.69, 9.17) is 11.3 Å². The van der Waals surface area contributed by atoms with Crippen LogP contribution in [-0.4, -0.2) is 35.2 Å². The molecule has 4 nitrogen and oxygen atoms in total. The minimum atomic E-state index is -0.630. The maximum absolute atomic E-state index is 13.1. The van der Waals surface area contributed by atoms with Crippen molar-refractivity contribution in [1.82, 2.24) is 4.90 Å². The average molecular weight is 416 g/mol. The lowest BCUT2D eigenvalue weighted by atomic mass is 9.84. The molecule has 0 bridgehead atoms. The standard InChI is InChI=1S/C16H18FIN2O2/c1-15(2,3)22-14(21)20-9-16(10-20,19-4)8-11-5-6-12(17)7-13(11)18/h5-7H,8-10H2,1-3H3. The van der Waals surface area contributed by atoms with E-state index < -0.39 is 11.1 Å². The lowest BCUT2D eigenvalue weighted by Gasteiger charge is -2.41. The first kappa shape index (κ1) is 17.0. The Balaban J connectivity index is 2.03. The number of carbonyl (C=O) groups excluding carboxylic acids is 1. The van der Waals surface area contributed by atoms with Gasteiger partial charge in [-0.1, -0.05) is 6.07 Å². The van der Waals surface area contributed by atoms with Crippen LogP contribution in [0.5, 0.6) is 0 Å². The Morgan fingerprint density at radius 3 is 2.64 bits per heavy atom. The van der Waals surface area contributed by atoms with Crippen molar-refractivity contribution in [2.24, 2.45) is 0 Å². The molecule has 1 aromatic carbocycles. The summed E-state index contributed by atoms with van der Waals surface area (Å²) in [5.41, 5.74) is -0.240. The molecule has 22 heavy (non-hydrogen) atoms. The van der Waals surface area contributed by atoms with Crippen LogP contribution < -0.4 is 0 Å². The van der Waals surface area contributed by atoms with Crippen LogP contribution in [-0.2, 0) is 11.2 Å². The summed E-state index contributed by atoms with van der Waals surface area (Å²) in [4.78, 5) is 17.2. The van der Waals surface area contributed by atoms with Crippen LogP contribution in [0.2, 0.25) is 0 Å². The molecule has 0 spiro atoms. The molecule has 118 valence electrons. The van der Waals surface area contributed by atoms with Crippen molar-refractivity contribution in [3.05, 3.63) is 44.6 Å². The van der Waals surface area contributed by atoms with Crippen molar-refractivity contribution in [3.63, 3.8) is 0 Å². The van der Waals surface area contributed by atoms with E-state index in [1.54, 1.807) is 11.0 Å². The number of ether oxygens (including phenoxy) is 1. The molecule has 0 aromatic heterocycles. The second kappa shape index (κ2) is 6.03. The van der Waals surface area contributed by atoms with E-state index in [2.05, 4.69) is 27.4 Å². The topological polar surface area (TPSA) is 33.9 Å². The largest absolute Gasteiger partial charge is 0.444 e. The van der Waals surface area contributed by atoms with Gasteiger partial charge in [-0.15, -0.1) is 0 Å². The molecule has 0 unspecified atom stereocenters. The number of amides is 1. The van der Waals surface area contributed by atoms with Crippen molar-refractivity contribution in [3.8, 4) is 0 Å². The number of hydrogen-bond acceptors (Lipinski definition) is 2. The van der Waals surface area contributed by atoms with Crippen molar-refractivity contribution in [1.29, 1.82) is 0 Å². The molecular formula is C16H18FIN2O2. The molecule has 1 saturated heterocycles. The van der Waals surface area contributed by atoms with Crippen molar-refractivity contribution >= 4 is 28.7 Å². The van der Waals surface area contributed by atoms with Crippen molar-refractivity contribution < 1.29 is 13.9 Å². The monoisotopic (exact) mass is 416 g/mol. The van der Waals surface area contributed by atoms with E-state index >= 15 is 0 Å². The minimum absolute atomic E-state index is 0.283.